The van der Waals surface area contributed by atoms with Gasteiger partial charge in [0.25, 0.3) is 11.5 Å². The number of H-pyrrole nitrogens is 1. The highest BCUT2D eigenvalue weighted by atomic mass is 35.5. The van der Waals surface area contributed by atoms with Crippen LogP contribution < -0.4 is 15.6 Å². The molecule has 11 nitrogen and oxygen atoms in total. The maximum atomic E-state index is 14.0. The number of carbonyl (C=O) groups excluding carboxylic acids is 1. The third kappa shape index (κ3) is 8.03. The highest BCUT2D eigenvalue weighted by Gasteiger charge is 2.38. The monoisotopic (exact) mass is 711 g/mol. The van der Waals surface area contributed by atoms with Gasteiger partial charge in [-0.05, 0) is 68.4 Å². The molecule has 2 aromatic carbocycles. The van der Waals surface area contributed by atoms with E-state index in [0.717, 1.165) is 49.2 Å². The van der Waals surface area contributed by atoms with Gasteiger partial charge in [0.05, 0.1) is 22.6 Å². The first-order chi connectivity index (χ1) is 23.1. The van der Waals surface area contributed by atoms with Gasteiger partial charge in [0.15, 0.2) is 11.6 Å². The van der Waals surface area contributed by atoms with Crippen LogP contribution in [0.25, 0.3) is 0 Å². The predicted octanol–water partition coefficient (Wildman–Crippen LogP) is 4.52. The highest BCUT2D eigenvalue weighted by molar-refractivity contribution is 6.32. The van der Waals surface area contributed by atoms with Gasteiger partial charge < -0.3 is 35.1 Å². The number of aromatic amines is 1. The number of aliphatic hydroxyl groups is 1. The maximum Gasteiger partial charge on any atom is 0.490 e. The Morgan fingerprint density at radius 3 is 2.49 bits per heavy atom. The first-order valence-electron chi connectivity index (χ1n) is 15.1. The Bertz CT molecular complexity index is 1840. The van der Waals surface area contributed by atoms with E-state index in [1.165, 1.54) is 6.20 Å². The Hall–Kier alpha value is -4.54. The second-order valence-electron chi connectivity index (χ2n) is 11.8. The molecule has 17 heteroatoms. The summed E-state index contributed by atoms with van der Waals surface area (Å²) in [6.45, 7) is 2.10. The minimum atomic E-state index is -5.08. The van der Waals surface area contributed by atoms with Gasteiger partial charge in [-0.15, -0.1) is 0 Å². The Morgan fingerprint density at radius 2 is 1.82 bits per heavy atom. The lowest BCUT2D eigenvalue weighted by atomic mass is 10.00. The van der Waals surface area contributed by atoms with E-state index in [2.05, 4.69) is 22.2 Å². The number of alkyl halides is 3. The molecule has 3 aliphatic heterocycles. The van der Waals surface area contributed by atoms with E-state index < -0.39 is 40.7 Å². The van der Waals surface area contributed by atoms with Crippen molar-refractivity contribution in [3.05, 3.63) is 85.8 Å². The predicted molar refractivity (Wildman–Crippen MR) is 169 cm³/mol. The SMILES string of the molecule is CN1CCC(N2Cc3cc4c(cc3C2=O)N=C(c2c(NC[C@@H](O)COc3c(F)ccc(F)c3Cl)cc[nH]c2=O)C4)CC1.O=C(O)C(F)(F)F. The summed E-state index contributed by atoms with van der Waals surface area (Å²) in [5, 5.41) is 20.1. The van der Waals surface area contributed by atoms with Gasteiger partial charge >= 0.3 is 12.1 Å². The van der Waals surface area contributed by atoms with Gasteiger partial charge in [-0.3, -0.25) is 14.6 Å². The number of benzene rings is 2. The van der Waals surface area contributed by atoms with E-state index in [9.17, 15) is 36.6 Å². The number of pyridine rings is 1. The number of nitrogens with one attached hydrogen (secondary N) is 2. The fourth-order valence-corrected chi connectivity index (χ4v) is 6.01. The number of rotatable bonds is 8. The van der Waals surface area contributed by atoms with Crippen molar-refractivity contribution in [2.75, 3.05) is 38.6 Å². The van der Waals surface area contributed by atoms with Crippen LogP contribution >= 0.6 is 11.6 Å². The summed E-state index contributed by atoms with van der Waals surface area (Å²) in [4.78, 5) is 46.8. The molecule has 0 unspecified atom stereocenters. The molecule has 4 heterocycles. The standard InChI is InChI=1S/C30H30ClF2N5O4.C2HF3O2/c1-37-8-5-18(6-9-37)38-14-17-10-16-11-25(36-24(16)12-20(17)30(38)41)26-23(4-7-34-29(26)40)35-13-19(39)15-42-28-22(33)3-2-21(32)27(28)31;3-2(4,5)1(6)7/h2-4,7,10,12,18-19,39H,5-6,8-9,11,13-15H2,1H3,(H2,34,35,40);(H,6,7)/t19-;/m1./s1. The topological polar surface area (TPSA) is 148 Å². The molecule has 4 N–H and O–H groups in total. The van der Waals surface area contributed by atoms with E-state index in [0.29, 0.717) is 41.2 Å². The van der Waals surface area contributed by atoms with Crippen LogP contribution in [0.2, 0.25) is 5.02 Å². The first-order valence-corrected chi connectivity index (χ1v) is 15.4. The average Bonchev–Trinajstić information content (AvgIpc) is 3.60. The van der Waals surface area contributed by atoms with Gasteiger partial charge in [-0.1, -0.05) is 17.7 Å². The molecule has 6 rings (SSSR count). The molecule has 1 saturated heterocycles. The number of hydrogen-bond acceptors (Lipinski definition) is 8. The highest BCUT2D eigenvalue weighted by Crippen LogP contribution is 2.37. The third-order valence-corrected chi connectivity index (χ3v) is 8.67. The van der Waals surface area contributed by atoms with Gasteiger partial charge in [0, 0.05) is 37.3 Å². The Balaban J connectivity index is 0.000000606. The zero-order valence-electron chi connectivity index (χ0n) is 25.9. The number of halogens is 6. The number of carboxylic acid groups (broad SMARTS) is 1. The number of likely N-dealkylation sites (tertiary alicyclic amines) is 1. The fourth-order valence-electron chi connectivity index (χ4n) is 5.80. The molecule has 0 saturated carbocycles. The summed E-state index contributed by atoms with van der Waals surface area (Å²) in [6, 6.07) is 7.52. The number of ether oxygens (including phenoxy) is 1. The summed E-state index contributed by atoms with van der Waals surface area (Å²) in [5.74, 6) is -4.89. The van der Waals surface area contributed by atoms with Crippen molar-refractivity contribution in [2.24, 2.45) is 4.99 Å². The van der Waals surface area contributed by atoms with Crippen LogP contribution in [0.1, 0.15) is 39.9 Å². The Morgan fingerprint density at radius 1 is 1.14 bits per heavy atom. The molecule has 0 aliphatic carbocycles. The fraction of sp³-hybridized carbons (Fsp3) is 0.375. The quantitative estimate of drug-likeness (QED) is 0.197. The van der Waals surface area contributed by atoms with Crippen LogP contribution in [0.4, 0.5) is 33.3 Å². The summed E-state index contributed by atoms with van der Waals surface area (Å²) >= 11 is 5.78. The van der Waals surface area contributed by atoms with Crippen molar-refractivity contribution in [1.29, 1.82) is 0 Å². The van der Waals surface area contributed by atoms with Crippen LogP contribution in [-0.4, -0.2) is 94.2 Å². The molecule has 49 heavy (non-hydrogen) atoms. The molecule has 262 valence electrons. The second kappa shape index (κ2) is 14.5. The zero-order valence-corrected chi connectivity index (χ0v) is 26.7. The van der Waals surface area contributed by atoms with E-state index >= 15 is 0 Å². The number of anilines is 1. The second-order valence-corrected chi connectivity index (χ2v) is 12.1. The maximum absolute atomic E-state index is 14.0. The Kier molecular flexibility index (Phi) is 10.6. The zero-order chi connectivity index (χ0) is 35.6. The normalized spacial score (nSPS) is 16.8. The van der Waals surface area contributed by atoms with Gasteiger partial charge in [0.2, 0.25) is 0 Å². The molecule has 0 spiro atoms. The molecule has 1 amide bonds. The van der Waals surface area contributed by atoms with Crippen LogP contribution in [0.3, 0.4) is 0 Å². The van der Waals surface area contributed by atoms with Crippen molar-refractivity contribution in [3.8, 4) is 5.75 Å². The number of carbonyl (C=O) groups is 2. The van der Waals surface area contributed by atoms with Gasteiger partial charge in [-0.2, -0.15) is 13.2 Å². The number of fused-ring (bicyclic) bond motifs is 2. The molecule has 1 fully saturated rings. The summed E-state index contributed by atoms with van der Waals surface area (Å²) < 4.78 is 64.6. The van der Waals surface area contributed by atoms with Crippen LogP contribution in [0.15, 0.2) is 46.3 Å². The minimum Gasteiger partial charge on any atom is -0.486 e. The number of nitrogens with zero attached hydrogens (tertiary/aromatic N) is 3. The summed E-state index contributed by atoms with van der Waals surface area (Å²) in [6.07, 6.45) is -2.41. The number of aromatic nitrogens is 1. The molecule has 0 radical (unpaired) electrons. The lowest BCUT2D eigenvalue weighted by Crippen LogP contribution is -2.43. The number of amides is 1. The summed E-state index contributed by atoms with van der Waals surface area (Å²) in [7, 11) is 2.10. The third-order valence-electron chi connectivity index (χ3n) is 8.32. The number of aliphatic imine (C=N–C) groups is 1. The summed E-state index contributed by atoms with van der Waals surface area (Å²) in [5.41, 5.74) is 4.19. The van der Waals surface area contributed by atoms with Crippen molar-refractivity contribution in [2.45, 2.75) is 44.1 Å². The molecule has 3 aliphatic rings. The lowest BCUT2D eigenvalue weighted by Gasteiger charge is -2.34. The number of aliphatic hydroxyl groups excluding tert-OH is 1. The molecule has 1 atom stereocenters. The average molecular weight is 712 g/mol. The Labute approximate surface area is 281 Å². The van der Waals surface area contributed by atoms with Crippen molar-refractivity contribution in [3.63, 3.8) is 0 Å². The van der Waals surface area contributed by atoms with Crippen molar-refractivity contribution < 1.29 is 46.5 Å². The molecule has 3 aromatic rings. The van der Waals surface area contributed by atoms with E-state index in [1.807, 2.05) is 17.0 Å². The molecular weight excluding hydrogens is 681 g/mol. The number of carboxylic acids is 1. The first kappa shape index (κ1) is 35.8. The number of aliphatic carboxylic acids is 1. The van der Waals surface area contributed by atoms with Crippen LogP contribution in [0, 0.1) is 11.6 Å². The van der Waals surface area contributed by atoms with E-state index in [1.54, 1.807) is 6.07 Å². The van der Waals surface area contributed by atoms with Crippen molar-refractivity contribution >= 4 is 40.6 Å². The number of hydrogen-bond donors (Lipinski definition) is 4. The lowest BCUT2D eigenvalue weighted by molar-refractivity contribution is -0.192. The smallest absolute Gasteiger partial charge is 0.486 e. The molecule has 0 bridgehead atoms. The van der Waals surface area contributed by atoms with Crippen LogP contribution in [0.5, 0.6) is 5.75 Å². The van der Waals surface area contributed by atoms with E-state index in [-0.39, 0.29) is 30.7 Å². The molecule has 1 aromatic heterocycles. The molecular formula is C32H31ClF5N5O6. The van der Waals surface area contributed by atoms with Gasteiger partial charge in [0.1, 0.15) is 23.6 Å². The van der Waals surface area contributed by atoms with Gasteiger partial charge in [-0.25, -0.2) is 13.6 Å². The van der Waals surface area contributed by atoms with Crippen LogP contribution in [-0.2, 0) is 17.8 Å². The minimum absolute atomic E-state index is 0.0292. The van der Waals surface area contributed by atoms with E-state index in [4.69, 9.17) is 31.2 Å². The van der Waals surface area contributed by atoms with Crippen molar-refractivity contribution in [1.82, 2.24) is 14.8 Å². The largest absolute Gasteiger partial charge is 0.490 e. The number of piperidine rings is 1.